The maximum Gasteiger partial charge on any atom is 0.351 e. The first-order chi connectivity index (χ1) is 13.5. The van der Waals surface area contributed by atoms with Crippen molar-refractivity contribution in [1.29, 1.82) is 5.26 Å². The van der Waals surface area contributed by atoms with Gasteiger partial charge in [-0.2, -0.15) is 5.26 Å². The van der Waals surface area contributed by atoms with Crippen molar-refractivity contribution in [1.82, 2.24) is 4.57 Å². The predicted molar refractivity (Wildman–Crippen MR) is 118 cm³/mol. The van der Waals surface area contributed by atoms with Gasteiger partial charge in [-0.05, 0) is 38.1 Å². The monoisotopic (exact) mass is 513 g/mol. The first-order valence-electron chi connectivity index (χ1n) is 8.62. The van der Waals surface area contributed by atoms with E-state index in [1.807, 2.05) is 30.3 Å². The third-order valence-electron chi connectivity index (χ3n) is 3.60. The Labute approximate surface area is 180 Å². The lowest BCUT2D eigenvalue weighted by molar-refractivity contribution is -0.136. The number of nitriles is 1. The van der Waals surface area contributed by atoms with E-state index in [2.05, 4.69) is 27.9 Å². The molecule has 0 atom stereocenters. The Hall–Kier alpha value is -2.32. The van der Waals surface area contributed by atoms with Crippen molar-refractivity contribution in [2.24, 2.45) is 0 Å². The Balaban J connectivity index is 2.39. The van der Waals surface area contributed by atoms with E-state index in [4.69, 9.17) is 9.47 Å². The number of hydrogen-bond acceptors (Lipinski definition) is 7. The lowest BCUT2D eigenvalue weighted by atomic mass is 10.3. The van der Waals surface area contributed by atoms with Crippen LogP contribution in [0.2, 0.25) is 0 Å². The number of alkyl halides is 1. The van der Waals surface area contributed by atoms with Crippen LogP contribution in [0.5, 0.6) is 5.75 Å². The number of rotatable bonds is 8. The van der Waals surface area contributed by atoms with Crippen LogP contribution in [0.15, 0.2) is 29.1 Å². The van der Waals surface area contributed by atoms with Crippen molar-refractivity contribution in [3.05, 3.63) is 43.8 Å². The van der Waals surface area contributed by atoms with Gasteiger partial charge in [-0.1, -0.05) is 22.6 Å². The summed E-state index contributed by atoms with van der Waals surface area (Å²) in [5.74, 6) is 0.0479. The fourth-order valence-corrected chi connectivity index (χ4v) is 3.63. The molecule has 2 aromatic rings. The van der Waals surface area contributed by atoms with Crippen molar-refractivity contribution in [2.45, 2.75) is 20.4 Å². The molecule has 0 saturated heterocycles. The number of carbonyl (C=O) groups is 1. The minimum atomic E-state index is -0.727. The molecule has 0 bridgehead atoms. The number of carbonyl (C=O) groups excluding carboxylic acids is 1. The molecule has 0 spiro atoms. The molecule has 0 aliphatic heterocycles. The Morgan fingerprint density at radius 3 is 2.64 bits per heavy atom. The van der Waals surface area contributed by atoms with Crippen molar-refractivity contribution >= 4 is 57.4 Å². The van der Waals surface area contributed by atoms with E-state index in [1.165, 1.54) is 4.57 Å². The van der Waals surface area contributed by atoms with Gasteiger partial charge >= 0.3 is 5.97 Å². The molecule has 0 aliphatic rings. The summed E-state index contributed by atoms with van der Waals surface area (Å²) < 4.78 is 13.4. The number of ether oxygens (including phenoxy) is 2. The van der Waals surface area contributed by atoms with Gasteiger partial charge in [-0.25, -0.2) is 4.79 Å². The van der Waals surface area contributed by atoms with Gasteiger partial charge < -0.3 is 14.8 Å². The molecule has 1 aromatic heterocycles. The van der Waals surface area contributed by atoms with Crippen LogP contribution in [-0.2, 0) is 16.1 Å². The average Bonchev–Trinajstić information content (AvgIpc) is 3.01. The summed E-state index contributed by atoms with van der Waals surface area (Å²) in [7, 11) is 0. The minimum Gasteiger partial charge on any atom is -0.493 e. The van der Waals surface area contributed by atoms with Crippen LogP contribution in [0.1, 0.15) is 13.8 Å². The number of esters is 1. The SMILES string of the molecule is CCOC(=O)/C(C#N)=c1\s/c(=C/Nc2ccc(OCCI)cc2)c(=O)n1CC. The highest BCUT2D eigenvalue weighted by atomic mass is 127. The molecular weight excluding hydrogens is 493 g/mol. The molecule has 7 nitrogen and oxygen atoms in total. The van der Waals surface area contributed by atoms with E-state index in [-0.39, 0.29) is 17.7 Å². The van der Waals surface area contributed by atoms with Crippen LogP contribution >= 0.6 is 33.9 Å². The van der Waals surface area contributed by atoms with E-state index in [0.717, 1.165) is 27.2 Å². The molecule has 0 fully saturated rings. The second-order valence-corrected chi connectivity index (χ2v) is 7.49. The molecule has 1 N–H and O–H groups in total. The quantitative estimate of drug-likeness (QED) is 0.329. The predicted octanol–water partition coefficient (Wildman–Crippen LogP) is 1.83. The highest BCUT2D eigenvalue weighted by Crippen LogP contribution is 2.15. The molecule has 148 valence electrons. The molecule has 9 heteroatoms. The Morgan fingerprint density at radius 2 is 2.07 bits per heavy atom. The zero-order valence-corrected chi connectivity index (χ0v) is 18.5. The summed E-state index contributed by atoms with van der Waals surface area (Å²) in [6, 6.07) is 9.23. The Bertz CT molecular complexity index is 1040. The number of benzene rings is 1. The lowest BCUT2D eigenvalue weighted by Gasteiger charge is -2.05. The van der Waals surface area contributed by atoms with Crippen LogP contribution in [0.4, 0.5) is 5.69 Å². The van der Waals surface area contributed by atoms with Crippen LogP contribution in [0.25, 0.3) is 11.8 Å². The van der Waals surface area contributed by atoms with Crippen LogP contribution in [-0.4, -0.2) is 28.2 Å². The Morgan fingerprint density at radius 1 is 1.36 bits per heavy atom. The summed E-state index contributed by atoms with van der Waals surface area (Å²) in [6.45, 7) is 4.58. The van der Waals surface area contributed by atoms with Crippen molar-refractivity contribution < 1.29 is 14.3 Å². The number of nitrogens with one attached hydrogen (secondary N) is 1. The second kappa shape index (κ2) is 10.9. The Kier molecular flexibility index (Phi) is 8.53. The summed E-state index contributed by atoms with van der Waals surface area (Å²) in [5, 5.41) is 12.4. The number of hydrogen-bond donors (Lipinski definition) is 1. The molecular formula is C19H20IN3O4S. The summed E-state index contributed by atoms with van der Waals surface area (Å²) in [4.78, 5) is 24.6. The third-order valence-corrected chi connectivity index (χ3v) is 5.17. The van der Waals surface area contributed by atoms with Gasteiger partial charge in [-0.3, -0.25) is 9.36 Å². The lowest BCUT2D eigenvalue weighted by Crippen LogP contribution is -2.32. The molecule has 2 rings (SSSR count). The van der Waals surface area contributed by atoms with E-state index < -0.39 is 5.97 Å². The van der Waals surface area contributed by atoms with Gasteiger partial charge in [0.25, 0.3) is 5.56 Å². The molecule has 0 radical (unpaired) electrons. The molecule has 0 saturated carbocycles. The molecule has 28 heavy (non-hydrogen) atoms. The van der Waals surface area contributed by atoms with Crippen LogP contribution in [0.3, 0.4) is 0 Å². The fourth-order valence-electron chi connectivity index (χ4n) is 2.33. The first kappa shape index (κ1) is 22.0. The number of anilines is 1. The molecule has 0 amide bonds. The number of thiazole rings is 1. The zero-order chi connectivity index (χ0) is 20.5. The normalized spacial score (nSPS) is 12.3. The molecule has 0 unspecified atom stereocenters. The van der Waals surface area contributed by atoms with Crippen LogP contribution in [0, 0.1) is 11.3 Å². The highest BCUT2D eigenvalue weighted by molar-refractivity contribution is 14.1. The zero-order valence-electron chi connectivity index (χ0n) is 15.5. The minimum absolute atomic E-state index is 0.157. The van der Waals surface area contributed by atoms with E-state index >= 15 is 0 Å². The van der Waals surface area contributed by atoms with Gasteiger partial charge in [-0.15, -0.1) is 11.3 Å². The number of halogens is 1. The van der Waals surface area contributed by atoms with E-state index in [1.54, 1.807) is 20.0 Å². The molecule has 1 aromatic carbocycles. The maximum absolute atomic E-state index is 12.6. The average molecular weight is 513 g/mol. The van der Waals surface area contributed by atoms with Gasteiger partial charge in [0.05, 0.1) is 13.2 Å². The van der Waals surface area contributed by atoms with Crippen molar-refractivity contribution in [2.75, 3.05) is 23.0 Å². The summed E-state index contributed by atoms with van der Waals surface area (Å²) in [5.41, 5.74) is 0.352. The third kappa shape index (κ3) is 5.36. The smallest absolute Gasteiger partial charge is 0.351 e. The first-order valence-corrected chi connectivity index (χ1v) is 11.0. The summed E-state index contributed by atoms with van der Waals surface area (Å²) in [6.07, 6.45) is 1.57. The van der Waals surface area contributed by atoms with Crippen molar-refractivity contribution in [3.63, 3.8) is 0 Å². The number of aromatic nitrogens is 1. The standard InChI is InChI=1S/C19H20IN3O4S/c1-3-23-17(24)16(28-18(23)15(11-21)19(25)26-4-2)12-22-13-5-7-14(8-6-13)27-10-9-20/h5-8,12,22H,3-4,9-10H2,1-2H3/b16-12+,18-15-. The summed E-state index contributed by atoms with van der Waals surface area (Å²) >= 11 is 3.32. The highest BCUT2D eigenvalue weighted by Gasteiger charge is 2.16. The largest absolute Gasteiger partial charge is 0.493 e. The topological polar surface area (TPSA) is 93.4 Å². The second-order valence-electron chi connectivity index (χ2n) is 5.38. The van der Waals surface area contributed by atoms with Crippen molar-refractivity contribution in [3.8, 4) is 11.8 Å². The van der Waals surface area contributed by atoms with Gasteiger partial charge in [0.1, 0.15) is 21.0 Å². The fraction of sp³-hybridized carbons (Fsp3) is 0.316. The number of nitrogens with zero attached hydrogens (tertiary/aromatic N) is 2. The molecule has 1 heterocycles. The molecule has 0 aliphatic carbocycles. The van der Waals surface area contributed by atoms with E-state index in [0.29, 0.717) is 22.3 Å². The van der Waals surface area contributed by atoms with Gasteiger partial charge in [0.2, 0.25) is 0 Å². The van der Waals surface area contributed by atoms with Gasteiger partial charge in [0.15, 0.2) is 5.57 Å². The van der Waals surface area contributed by atoms with Crippen LogP contribution < -0.4 is 24.8 Å². The maximum atomic E-state index is 12.6. The van der Waals surface area contributed by atoms with E-state index in [9.17, 15) is 14.9 Å². The van der Waals surface area contributed by atoms with Gasteiger partial charge in [0, 0.05) is 22.9 Å².